The molecule has 2 aromatic rings. The van der Waals surface area contributed by atoms with Crippen molar-refractivity contribution in [3.05, 3.63) is 39.7 Å². The molecule has 0 aliphatic carbocycles. The molecule has 1 aromatic carbocycles. The smallest absolute Gasteiger partial charge is 0.412 e. The number of aromatic nitrogens is 1. The van der Waals surface area contributed by atoms with E-state index in [0.29, 0.717) is 5.02 Å². The van der Waals surface area contributed by atoms with Crippen molar-refractivity contribution in [1.82, 2.24) is 0 Å². The fourth-order valence-corrected chi connectivity index (χ4v) is 2.00. The van der Waals surface area contributed by atoms with Crippen LogP contribution in [0.2, 0.25) is 5.02 Å². The average molecular weight is 276 g/mol. The van der Waals surface area contributed by atoms with Crippen molar-refractivity contribution in [3.8, 4) is 11.3 Å². The van der Waals surface area contributed by atoms with E-state index in [2.05, 4.69) is 4.98 Å². The molecule has 3 nitrogen and oxygen atoms in total. The topological polar surface area (TPSA) is 51.4 Å². The van der Waals surface area contributed by atoms with Gasteiger partial charge in [-0.2, -0.15) is 4.98 Å². The van der Waals surface area contributed by atoms with Gasteiger partial charge < -0.3 is 17.5 Å². The molecule has 0 bridgehead atoms. The Morgan fingerprint density at radius 3 is 2.44 bits per heavy atom. The number of thiazole rings is 1. The van der Waals surface area contributed by atoms with Crippen molar-refractivity contribution in [2.45, 2.75) is 0 Å². The minimum atomic E-state index is -0.944. The molecule has 0 saturated carbocycles. The summed E-state index contributed by atoms with van der Waals surface area (Å²) in [5.41, 5.74) is 1.71. The highest BCUT2D eigenvalue weighted by Crippen LogP contribution is 2.20. The van der Waals surface area contributed by atoms with Crippen LogP contribution in [0.15, 0.2) is 29.6 Å². The minimum Gasteiger partial charge on any atom is -1.00 e. The first-order valence-corrected chi connectivity index (χ1v) is 5.42. The molecule has 2 rings (SSSR count). The van der Waals surface area contributed by atoms with Crippen LogP contribution in [0.3, 0.4) is 0 Å². The Bertz CT molecular complexity index is 496. The number of carbonyl (C=O) groups is 1. The predicted octanol–water partition coefficient (Wildman–Crippen LogP) is -0.415. The predicted molar refractivity (Wildman–Crippen MR) is 58.3 cm³/mol. The summed E-state index contributed by atoms with van der Waals surface area (Å²) >= 11 is 6.92. The Kier molecular flexibility index (Phi) is 4.29. The maximum Gasteiger partial charge on any atom is 0.412 e. The van der Waals surface area contributed by atoms with E-state index in [4.69, 9.17) is 16.7 Å². The van der Waals surface area contributed by atoms with Crippen LogP contribution in [-0.2, 0) is 0 Å². The monoisotopic (exact) mass is 275 g/mol. The van der Waals surface area contributed by atoms with Gasteiger partial charge in [0.25, 0.3) is 0 Å². The van der Waals surface area contributed by atoms with E-state index in [0.717, 1.165) is 11.3 Å². The molecule has 0 radical (unpaired) electrons. The SMILES string of the molecule is O=C(O)c1[nH+]c(-c2ccc(Cl)cc2)cs1.[Cl-]. The highest BCUT2D eigenvalue weighted by atomic mass is 35.5. The van der Waals surface area contributed by atoms with Crippen molar-refractivity contribution in [2.75, 3.05) is 0 Å². The van der Waals surface area contributed by atoms with Gasteiger partial charge in [-0.25, -0.2) is 4.79 Å². The fourth-order valence-electron chi connectivity index (χ4n) is 1.17. The average Bonchev–Trinajstić information content (AvgIpc) is 2.68. The number of aromatic carboxylic acids is 1. The van der Waals surface area contributed by atoms with E-state index in [1.54, 1.807) is 17.5 Å². The van der Waals surface area contributed by atoms with Gasteiger partial charge in [0.05, 0.1) is 5.38 Å². The molecule has 0 aliphatic heterocycles. The van der Waals surface area contributed by atoms with Crippen LogP contribution in [0, 0.1) is 0 Å². The Labute approximate surface area is 107 Å². The molecular formula is C10H7Cl2NO2S. The second-order valence-corrected chi connectivity index (χ2v) is 4.23. The number of nitrogens with one attached hydrogen (secondary N) is 1. The zero-order chi connectivity index (χ0) is 10.8. The lowest BCUT2D eigenvalue weighted by molar-refractivity contribution is -0.362. The number of H-pyrrole nitrogens is 1. The number of benzene rings is 1. The van der Waals surface area contributed by atoms with E-state index in [1.165, 1.54) is 11.3 Å². The molecule has 1 heterocycles. The second-order valence-electron chi connectivity index (χ2n) is 2.92. The van der Waals surface area contributed by atoms with Crippen LogP contribution in [0.5, 0.6) is 0 Å². The van der Waals surface area contributed by atoms with Gasteiger partial charge in [0.1, 0.15) is 0 Å². The van der Waals surface area contributed by atoms with E-state index in [1.807, 2.05) is 12.1 Å². The van der Waals surface area contributed by atoms with Gasteiger partial charge in [0.15, 0.2) is 0 Å². The van der Waals surface area contributed by atoms with Gasteiger partial charge in [-0.3, -0.25) is 0 Å². The summed E-state index contributed by atoms with van der Waals surface area (Å²) in [6.45, 7) is 0. The number of carboxylic acid groups (broad SMARTS) is 1. The molecule has 0 amide bonds. The largest absolute Gasteiger partial charge is 1.00 e. The molecule has 0 spiro atoms. The summed E-state index contributed by atoms with van der Waals surface area (Å²) in [5.74, 6) is -0.944. The normalized spacial score (nSPS) is 9.56. The third-order valence-electron chi connectivity index (χ3n) is 1.89. The van der Waals surface area contributed by atoms with Crippen LogP contribution in [-0.4, -0.2) is 11.1 Å². The molecule has 0 aliphatic rings. The van der Waals surface area contributed by atoms with E-state index in [-0.39, 0.29) is 17.4 Å². The maximum atomic E-state index is 10.7. The Morgan fingerprint density at radius 1 is 1.31 bits per heavy atom. The van der Waals surface area contributed by atoms with E-state index in [9.17, 15) is 4.79 Å². The van der Waals surface area contributed by atoms with Crippen molar-refractivity contribution < 1.29 is 27.3 Å². The van der Waals surface area contributed by atoms with Crippen molar-refractivity contribution in [2.24, 2.45) is 0 Å². The molecule has 84 valence electrons. The first-order valence-electron chi connectivity index (χ1n) is 4.17. The van der Waals surface area contributed by atoms with Crippen LogP contribution in [0.4, 0.5) is 0 Å². The number of halogens is 2. The lowest BCUT2D eigenvalue weighted by Crippen LogP contribution is -3.00. The first-order chi connectivity index (χ1) is 7.16. The van der Waals surface area contributed by atoms with Crippen molar-refractivity contribution in [3.63, 3.8) is 0 Å². The summed E-state index contributed by atoms with van der Waals surface area (Å²) in [6, 6.07) is 7.21. The fraction of sp³-hybridized carbons (Fsp3) is 0. The van der Waals surface area contributed by atoms with Crippen LogP contribution in [0.1, 0.15) is 9.80 Å². The molecule has 6 heteroatoms. The molecule has 1 aromatic heterocycles. The quantitative estimate of drug-likeness (QED) is 0.810. The number of carboxylic acids is 1. The van der Waals surface area contributed by atoms with Crippen LogP contribution >= 0.6 is 22.9 Å². The molecule has 2 N–H and O–H groups in total. The standard InChI is InChI=1S/C10H6ClNO2S.ClH/c11-7-3-1-6(2-4-7)8-5-15-9(12-8)10(13)14;/h1-5H,(H,13,14);1H. The highest BCUT2D eigenvalue weighted by molar-refractivity contribution is 7.11. The molecule has 16 heavy (non-hydrogen) atoms. The summed E-state index contributed by atoms with van der Waals surface area (Å²) in [4.78, 5) is 13.5. The highest BCUT2D eigenvalue weighted by Gasteiger charge is 2.17. The van der Waals surface area contributed by atoms with Gasteiger partial charge in [-0.1, -0.05) is 22.9 Å². The molecule has 0 fully saturated rings. The number of hydrogen-bond acceptors (Lipinski definition) is 2. The van der Waals surface area contributed by atoms with Gasteiger partial charge in [-0.15, -0.1) is 0 Å². The van der Waals surface area contributed by atoms with Gasteiger partial charge in [0, 0.05) is 10.6 Å². The molecule has 0 saturated heterocycles. The summed E-state index contributed by atoms with van der Waals surface area (Å²) < 4.78 is 0. The molecule has 0 atom stereocenters. The lowest BCUT2D eigenvalue weighted by atomic mass is 10.2. The van der Waals surface area contributed by atoms with Gasteiger partial charge in [-0.05, 0) is 24.3 Å². The second kappa shape index (κ2) is 5.30. The Hall–Kier alpha value is -1.10. The van der Waals surface area contributed by atoms with E-state index >= 15 is 0 Å². The van der Waals surface area contributed by atoms with Gasteiger partial charge >= 0.3 is 11.0 Å². The number of hydrogen-bond donors (Lipinski definition) is 1. The van der Waals surface area contributed by atoms with Gasteiger partial charge in [0.2, 0.25) is 5.69 Å². The zero-order valence-electron chi connectivity index (χ0n) is 7.91. The van der Waals surface area contributed by atoms with Crippen LogP contribution < -0.4 is 17.4 Å². The molecular weight excluding hydrogens is 269 g/mol. The zero-order valence-corrected chi connectivity index (χ0v) is 10.2. The lowest BCUT2D eigenvalue weighted by Gasteiger charge is -1.91. The Morgan fingerprint density at radius 2 is 1.94 bits per heavy atom. The summed E-state index contributed by atoms with van der Waals surface area (Å²) in [7, 11) is 0. The van der Waals surface area contributed by atoms with Crippen molar-refractivity contribution >= 4 is 28.9 Å². The van der Waals surface area contributed by atoms with Crippen molar-refractivity contribution in [1.29, 1.82) is 0 Å². The first kappa shape index (κ1) is 13.0. The number of rotatable bonds is 2. The Balaban J connectivity index is 0.00000128. The molecule has 0 unspecified atom stereocenters. The summed E-state index contributed by atoms with van der Waals surface area (Å²) in [6.07, 6.45) is 0. The minimum absolute atomic E-state index is 0. The van der Waals surface area contributed by atoms with Crippen LogP contribution in [0.25, 0.3) is 11.3 Å². The maximum absolute atomic E-state index is 10.7. The van der Waals surface area contributed by atoms with E-state index < -0.39 is 5.97 Å². The number of aromatic amines is 1. The summed E-state index contributed by atoms with van der Waals surface area (Å²) in [5, 5.41) is 11.4. The third kappa shape index (κ3) is 2.72. The third-order valence-corrected chi connectivity index (χ3v) is 3.01.